The van der Waals surface area contributed by atoms with Crippen molar-refractivity contribution < 1.29 is 9.53 Å². The van der Waals surface area contributed by atoms with Gasteiger partial charge in [-0.2, -0.15) is 0 Å². The van der Waals surface area contributed by atoms with Gasteiger partial charge < -0.3 is 10.5 Å². The maximum Gasteiger partial charge on any atom is 0.207 e. The molecular formula is C10H16N2O2S. The van der Waals surface area contributed by atoms with Crippen LogP contribution >= 0.6 is 11.3 Å². The van der Waals surface area contributed by atoms with Crippen LogP contribution in [0.4, 0.5) is 0 Å². The number of carbonyl (C=O) groups is 1. The van der Waals surface area contributed by atoms with Crippen molar-refractivity contribution in [3.05, 3.63) is 16.1 Å². The summed E-state index contributed by atoms with van der Waals surface area (Å²) < 4.78 is 5.15. The number of Topliss-reactive ketones (excluding diaryl/α,β-unsaturated/α-hetero) is 1. The Morgan fingerprint density at radius 2 is 2.47 bits per heavy atom. The van der Waals surface area contributed by atoms with Gasteiger partial charge in [0.15, 0.2) is 0 Å². The standard InChI is InChI=1S/C10H16N2O2S/c1-3-4-14-5-9(13)8-6-15-10(12-8)7(2)11/h6-7H,3-5,11H2,1-2H3. The molecule has 0 aromatic carbocycles. The molecule has 0 saturated heterocycles. The third-order valence-electron chi connectivity index (χ3n) is 1.78. The van der Waals surface area contributed by atoms with Crippen LogP contribution in [-0.2, 0) is 4.74 Å². The van der Waals surface area contributed by atoms with Crippen LogP contribution in [0.15, 0.2) is 5.38 Å². The summed E-state index contributed by atoms with van der Waals surface area (Å²) in [6.07, 6.45) is 0.912. The number of ether oxygens (including phenoxy) is 1. The molecule has 0 spiro atoms. The molecule has 0 amide bonds. The largest absolute Gasteiger partial charge is 0.373 e. The zero-order valence-corrected chi connectivity index (χ0v) is 9.84. The van der Waals surface area contributed by atoms with Gasteiger partial charge in [0.2, 0.25) is 5.78 Å². The Balaban J connectivity index is 2.51. The molecule has 0 aliphatic heterocycles. The molecule has 1 heterocycles. The van der Waals surface area contributed by atoms with Crippen molar-refractivity contribution in [2.45, 2.75) is 26.3 Å². The molecule has 1 aromatic heterocycles. The average Bonchev–Trinajstić information content (AvgIpc) is 2.66. The SMILES string of the molecule is CCCOCC(=O)c1csc(C(C)N)n1. The molecule has 0 aliphatic rings. The highest BCUT2D eigenvalue weighted by molar-refractivity contribution is 7.09. The summed E-state index contributed by atoms with van der Waals surface area (Å²) in [5.74, 6) is -0.0772. The Bertz CT molecular complexity index is 323. The smallest absolute Gasteiger partial charge is 0.207 e. The molecule has 0 radical (unpaired) electrons. The lowest BCUT2D eigenvalue weighted by Gasteiger charge is -1.99. The predicted octanol–water partition coefficient (Wildman–Crippen LogP) is 1.77. The number of carbonyl (C=O) groups excluding carboxylic acids is 1. The maximum absolute atomic E-state index is 11.5. The summed E-state index contributed by atoms with van der Waals surface area (Å²) in [5, 5.41) is 2.52. The van der Waals surface area contributed by atoms with E-state index in [1.807, 2.05) is 13.8 Å². The van der Waals surface area contributed by atoms with E-state index in [4.69, 9.17) is 10.5 Å². The van der Waals surface area contributed by atoms with Gasteiger partial charge in [0.25, 0.3) is 0 Å². The van der Waals surface area contributed by atoms with Gasteiger partial charge in [-0.3, -0.25) is 4.79 Å². The van der Waals surface area contributed by atoms with E-state index in [1.165, 1.54) is 11.3 Å². The molecule has 2 N–H and O–H groups in total. The second-order valence-electron chi connectivity index (χ2n) is 3.34. The van der Waals surface area contributed by atoms with Gasteiger partial charge in [-0.15, -0.1) is 11.3 Å². The second-order valence-corrected chi connectivity index (χ2v) is 4.23. The first kappa shape index (κ1) is 12.3. The predicted molar refractivity (Wildman–Crippen MR) is 60.2 cm³/mol. The summed E-state index contributed by atoms with van der Waals surface area (Å²) >= 11 is 1.41. The molecule has 1 aromatic rings. The summed E-state index contributed by atoms with van der Waals surface area (Å²) in [6, 6.07) is -0.117. The highest BCUT2D eigenvalue weighted by Gasteiger charge is 2.12. The Kier molecular flexibility index (Phi) is 4.87. The van der Waals surface area contributed by atoms with E-state index in [9.17, 15) is 4.79 Å². The first-order valence-corrected chi connectivity index (χ1v) is 5.85. The van der Waals surface area contributed by atoms with Gasteiger partial charge in [-0.05, 0) is 13.3 Å². The van der Waals surface area contributed by atoms with Crippen molar-refractivity contribution in [3.63, 3.8) is 0 Å². The monoisotopic (exact) mass is 228 g/mol. The fourth-order valence-electron chi connectivity index (χ4n) is 1.01. The molecule has 0 bridgehead atoms. The van der Waals surface area contributed by atoms with E-state index in [0.29, 0.717) is 12.3 Å². The summed E-state index contributed by atoms with van der Waals surface area (Å²) in [6.45, 7) is 4.56. The highest BCUT2D eigenvalue weighted by Crippen LogP contribution is 2.16. The number of nitrogens with two attached hydrogens (primary N) is 1. The number of hydrogen-bond donors (Lipinski definition) is 1. The van der Waals surface area contributed by atoms with Crippen molar-refractivity contribution in [3.8, 4) is 0 Å². The summed E-state index contributed by atoms with van der Waals surface area (Å²) in [7, 11) is 0. The van der Waals surface area contributed by atoms with E-state index in [2.05, 4.69) is 4.98 Å². The first-order valence-electron chi connectivity index (χ1n) is 4.97. The molecule has 4 nitrogen and oxygen atoms in total. The van der Waals surface area contributed by atoms with Crippen LogP contribution in [0.25, 0.3) is 0 Å². The zero-order chi connectivity index (χ0) is 11.3. The van der Waals surface area contributed by atoms with Gasteiger partial charge in [-0.25, -0.2) is 4.98 Å². The van der Waals surface area contributed by atoms with Crippen LogP contribution in [-0.4, -0.2) is 24.0 Å². The lowest BCUT2D eigenvalue weighted by molar-refractivity contribution is 0.0757. The number of rotatable bonds is 6. The van der Waals surface area contributed by atoms with Crippen molar-refractivity contribution in [2.24, 2.45) is 5.73 Å². The number of ketones is 1. The van der Waals surface area contributed by atoms with Crippen molar-refractivity contribution in [1.29, 1.82) is 0 Å². The van der Waals surface area contributed by atoms with Crippen LogP contribution in [0.2, 0.25) is 0 Å². The average molecular weight is 228 g/mol. The van der Waals surface area contributed by atoms with Crippen molar-refractivity contribution >= 4 is 17.1 Å². The first-order chi connectivity index (χ1) is 7.15. The molecule has 0 fully saturated rings. The van der Waals surface area contributed by atoms with Crippen LogP contribution < -0.4 is 5.73 Å². The molecule has 1 atom stereocenters. The normalized spacial score (nSPS) is 12.7. The van der Waals surface area contributed by atoms with E-state index < -0.39 is 0 Å². The van der Waals surface area contributed by atoms with E-state index in [-0.39, 0.29) is 18.4 Å². The molecule has 1 unspecified atom stereocenters. The van der Waals surface area contributed by atoms with E-state index in [0.717, 1.165) is 11.4 Å². The minimum absolute atomic E-state index is 0.0772. The topological polar surface area (TPSA) is 65.2 Å². The molecule has 0 aliphatic carbocycles. The Morgan fingerprint density at radius 3 is 3.00 bits per heavy atom. The second kappa shape index (κ2) is 5.95. The molecule has 84 valence electrons. The Hall–Kier alpha value is -0.780. The highest BCUT2D eigenvalue weighted by atomic mass is 32.1. The maximum atomic E-state index is 11.5. The zero-order valence-electron chi connectivity index (χ0n) is 9.03. The fraction of sp³-hybridized carbons (Fsp3) is 0.600. The number of aromatic nitrogens is 1. The quantitative estimate of drug-likeness (QED) is 0.595. The third-order valence-corrected chi connectivity index (χ3v) is 2.82. The van der Waals surface area contributed by atoms with Crippen LogP contribution in [0, 0.1) is 0 Å². The van der Waals surface area contributed by atoms with Crippen LogP contribution in [0.3, 0.4) is 0 Å². The molecule has 15 heavy (non-hydrogen) atoms. The van der Waals surface area contributed by atoms with Crippen molar-refractivity contribution in [2.75, 3.05) is 13.2 Å². The van der Waals surface area contributed by atoms with E-state index >= 15 is 0 Å². The summed E-state index contributed by atoms with van der Waals surface area (Å²) in [4.78, 5) is 15.7. The van der Waals surface area contributed by atoms with Gasteiger partial charge in [0, 0.05) is 12.0 Å². The Morgan fingerprint density at radius 1 is 1.73 bits per heavy atom. The third kappa shape index (κ3) is 3.70. The molecule has 0 saturated carbocycles. The summed E-state index contributed by atoms with van der Waals surface area (Å²) in [5.41, 5.74) is 6.12. The number of hydrogen-bond acceptors (Lipinski definition) is 5. The van der Waals surface area contributed by atoms with Gasteiger partial charge in [0.05, 0.1) is 6.04 Å². The van der Waals surface area contributed by atoms with Gasteiger partial charge in [0.1, 0.15) is 17.3 Å². The minimum Gasteiger partial charge on any atom is -0.373 e. The number of nitrogens with zero attached hydrogens (tertiary/aromatic N) is 1. The van der Waals surface area contributed by atoms with E-state index in [1.54, 1.807) is 5.38 Å². The minimum atomic E-state index is -0.117. The molecule has 5 heteroatoms. The molecular weight excluding hydrogens is 212 g/mol. The molecule has 1 rings (SSSR count). The van der Waals surface area contributed by atoms with Crippen LogP contribution in [0.1, 0.15) is 41.8 Å². The van der Waals surface area contributed by atoms with Crippen molar-refractivity contribution in [1.82, 2.24) is 4.98 Å². The lowest BCUT2D eigenvalue weighted by atomic mass is 10.3. The van der Waals surface area contributed by atoms with Gasteiger partial charge in [-0.1, -0.05) is 6.92 Å². The number of thiazole rings is 1. The fourth-order valence-corrected chi connectivity index (χ4v) is 1.79. The Labute approximate surface area is 93.5 Å². The lowest BCUT2D eigenvalue weighted by Crippen LogP contribution is -2.11. The van der Waals surface area contributed by atoms with Crippen LogP contribution in [0.5, 0.6) is 0 Å². The van der Waals surface area contributed by atoms with Gasteiger partial charge >= 0.3 is 0 Å².